The average Bonchev–Trinajstić information content (AvgIpc) is 3.57. The first-order valence-electron chi connectivity index (χ1n) is 19.3. The van der Waals surface area contributed by atoms with Gasteiger partial charge < -0.3 is 0 Å². The largest absolute Gasteiger partial charge is 0.0619 e. The highest BCUT2D eigenvalue weighted by molar-refractivity contribution is 6.21. The Bertz CT molecular complexity index is 2970. The minimum atomic E-state index is -0.0953. The maximum atomic E-state index is 2.51. The Kier molecular flexibility index (Phi) is 6.46. The average molecular weight is 689 g/mol. The zero-order valence-electron chi connectivity index (χ0n) is 31.2. The van der Waals surface area contributed by atoms with E-state index < -0.39 is 0 Å². The van der Waals surface area contributed by atoms with Crippen molar-refractivity contribution in [3.63, 3.8) is 0 Å². The summed E-state index contributed by atoms with van der Waals surface area (Å²) < 4.78 is 0. The standard InChI is InChI=1S/C54H40/c1-53(2)47-20-12-11-15-39(47)45-31-50-46(32-49(45)53)40-28-27-37(30-48(40)54(50,3)4)34-21-24-35(25-22-34)51-41-16-7-9-18-43(41)52(44-19-10-8-17-42(44)51)38-26-23-33-13-5-6-14-36(33)29-38/h5-32H,1-4H3. The summed E-state index contributed by atoms with van der Waals surface area (Å²) in [6.07, 6.45) is 0. The summed E-state index contributed by atoms with van der Waals surface area (Å²) in [5.41, 5.74) is 18.7. The Balaban J connectivity index is 1.01. The lowest BCUT2D eigenvalue weighted by Gasteiger charge is -2.24. The van der Waals surface area contributed by atoms with Crippen LogP contribution in [0.3, 0.4) is 0 Å². The Hall–Kier alpha value is -6.24. The van der Waals surface area contributed by atoms with Gasteiger partial charge in [-0.15, -0.1) is 0 Å². The van der Waals surface area contributed by atoms with Crippen LogP contribution in [0.25, 0.3) is 88.0 Å². The lowest BCUT2D eigenvalue weighted by atomic mass is 9.79. The zero-order chi connectivity index (χ0) is 36.3. The molecule has 0 atom stereocenters. The molecule has 9 aromatic rings. The SMILES string of the molecule is CC1(C)c2ccccc2-c2cc3c(cc21)-c1ccc(-c2ccc(-c4c5ccccc5c(-c5ccc6ccccc6c5)c5ccccc45)cc2)cc1C3(C)C. The molecule has 0 nitrogen and oxygen atoms in total. The maximum Gasteiger partial charge on any atom is 0.0159 e. The molecule has 0 saturated heterocycles. The van der Waals surface area contributed by atoms with Crippen LogP contribution in [0.5, 0.6) is 0 Å². The molecular weight excluding hydrogens is 649 g/mol. The van der Waals surface area contributed by atoms with Crippen molar-refractivity contribution < 1.29 is 0 Å². The zero-order valence-corrected chi connectivity index (χ0v) is 31.2. The van der Waals surface area contributed by atoms with E-state index in [1.807, 2.05) is 0 Å². The molecule has 54 heavy (non-hydrogen) atoms. The molecule has 11 rings (SSSR count). The van der Waals surface area contributed by atoms with Gasteiger partial charge in [0, 0.05) is 10.8 Å². The first-order chi connectivity index (χ1) is 26.3. The summed E-state index contributed by atoms with van der Waals surface area (Å²) in [6, 6.07) is 63.9. The molecule has 0 aromatic heterocycles. The van der Waals surface area contributed by atoms with E-state index in [0.717, 1.165) is 0 Å². The number of rotatable bonds is 3. The lowest BCUT2D eigenvalue weighted by Crippen LogP contribution is -2.17. The van der Waals surface area contributed by atoms with Gasteiger partial charge in [0.1, 0.15) is 0 Å². The molecule has 256 valence electrons. The van der Waals surface area contributed by atoms with Gasteiger partial charge >= 0.3 is 0 Å². The van der Waals surface area contributed by atoms with Crippen LogP contribution in [0.4, 0.5) is 0 Å². The molecular formula is C54H40. The fourth-order valence-corrected chi connectivity index (χ4v) is 10.0. The Morgan fingerprint density at radius 1 is 0.278 bits per heavy atom. The summed E-state index contributed by atoms with van der Waals surface area (Å²) in [7, 11) is 0. The number of fused-ring (bicyclic) bond motifs is 9. The maximum absolute atomic E-state index is 2.51. The minimum Gasteiger partial charge on any atom is -0.0619 e. The molecule has 2 aliphatic carbocycles. The summed E-state index contributed by atoms with van der Waals surface area (Å²) in [6.45, 7) is 9.56. The highest BCUT2D eigenvalue weighted by Crippen LogP contribution is 2.56. The molecule has 9 aromatic carbocycles. The number of hydrogen-bond acceptors (Lipinski definition) is 0. The van der Waals surface area contributed by atoms with Gasteiger partial charge in [0.15, 0.2) is 0 Å². The van der Waals surface area contributed by atoms with Gasteiger partial charge in [-0.1, -0.05) is 173 Å². The lowest BCUT2D eigenvalue weighted by molar-refractivity contribution is 0.652. The van der Waals surface area contributed by atoms with Gasteiger partial charge in [0.25, 0.3) is 0 Å². The van der Waals surface area contributed by atoms with Crippen molar-refractivity contribution >= 4 is 32.3 Å². The van der Waals surface area contributed by atoms with E-state index in [0.29, 0.717) is 0 Å². The van der Waals surface area contributed by atoms with E-state index in [4.69, 9.17) is 0 Å². The fraction of sp³-hybridized carbons (Fsp3) is 0.111. The monoisotopic (exact) mass is 688 g/mol. The van der Waals surface area contributed by atoms with Gasteiger partial charge in [0.05, 0.1) is 0 Å². The normalized spacial score (nSPS) is 14.6. The Morgan fingerprint density at radius 2 is 0.722 bits per heavy atom. The molecule has 0 N–H and O–H groups in total. The molecule has 0 amide bonds. The van der Waals surface area contributed by atoms with Crippen LogP contribution < -0.4 is 0 Å². The Labute approximate surface area is 317 Å². The molecule has 0 heterocycles. The quantitative estimate of drug-likeness (QED) is 0.162. The first-order valence-corrected chi connectivity index (χ1v) is 19.3. The molecule has 2 aliphatic rings. The van der Waals surface area contributed by atoms with Crippen LogP contribution >= 0.6 is 0 Å². The van der Waals surface area contributed by atoms with Gasteiger partial charge in [-0.3, -0.25) is 0 Å². The number of benzene rings is 9. The molecule has 0 heteroatoms. The van der Waals surface area contributed by atoms with Gasteiger partial charge in [-0.05, 0) is 134 Å². The third-order valence-corrected chi connectivity index (χ3v) is 12.9. The van der Waals surface area contributed by atoms with E-state index in [9.17, 15) is 0 Å². The summed E-state index contributed by atoms with van der Waals surface area (Å²) >= 11 is 0. The van der Waals surface area contributed by atoms with Crippen molar-refractivity contribution in [2.24, 2.45) is 0 Å². The van der Waals surface area contributed by atoms with Gasteiger partial charge in [-0.25, -0.2) is 0 Å². The molecule has 0 radical (unpaired) electrons. The highest BCUT2D eigenvalue weighted by Gasteiger charge is 2.41. The van der Waals surface area contributed by atoms with Gasteiger partial charge in [-0.2, -0.15) is 0 Å². The van der Waals surface area contributed by atoms with Crippen molar-refractivity contribution in [2.45, 2.75) is 38.5 Å². The summed E-state index contributed by atoms with van der Waals surface area (Å²) in [4.78, 5) is 0. The van der Waals surface area contributed by atoms with Crippen molar-refractivity contribution in [1.82, 2.24) is 0 Å². The van der Waals surface area contributed by atoms with Crippen molar-refractivity contribution in [3.05, 3.63) is 192 Å². The summed E-state index contributed by atoms with van der Waals surface area (Å²) in [5.74, 6) is 0. The third-order valence-electron chi connectivity index (χ3n) is 12.9. The molecule has 0 unspecified atom stereocenters. The fourth-order valence-electron chi connectivity index (χ4n) is 10.0. The van der Waals surface area contributed by atoms with E-state index in [1.165, 1.54) is 110 Å². The van der Waals surface area contributed by atoms with Crippen LogP contribution in [-0.2, 0) is 10.8 Å². The van der Waals surface area contributed by atoms with Crippen LogP contribution in [0, 0.1) is 0 Å². The van der Waals surface area contributed by atoms with Crippen molar-refractivity contribution in [2.75, 3.05) is 0 Å². The second kappa shape index (κ2) is 11.1. The van der Waals surface area contributed by atoms with Crippen LogP contribution in [-0.4, -0.2) is 0 Å². The summed E-state index contributed by atoms with van der Waals surface area (Å²) in [5, 5.41) is 7.65. The predicted molar refractivity (Wildman–Crippen MR) is 230 cm³/mol. The minimum absolute atomic E-state index is 0.0110. The van der Waals surface area contributed by atoms with E-state index in [1.54, 1.807) is 0 Å². The second-order valence-corrected chi connectivity index (χ2v) is 16.5. The topological polar surface area (TPSA) is 0 Å². The predicted octanol–water partition coefficient (Wildman–Crippen LogP) is 14.8. The molecule has 0 spiro atoms. The highest BCUT2D eigenvalue weighted by atomic mass is 14.4. The van der Waals surface area contributed by atoms with E-state index >= 15 is 0 Å². The third kappa shape index (κ3) is 4.32. The van der Waals surface area contributed by atoms with Crippen molar-refractivity contribution in [3.8, 4) is 55.6 Å². The van der Waals surface area contributed by atoms with Crippen LogP contribution in [0.15, 0.2) is 170 Å². The van der Waals surface area contributed by atoms with E-state index in [2.05, 4.69) is 198 Å². The molecule has 0 saturated carbocycles. The van der Waals surface area contributed by atoms with Crippen LogP contribution in [0.2, 0.25) is 0 Å². The van der Waals surface area contributed by atoms with Crippen molar-refractivity contribution in [1.29, 1.82) is 0 Å². The molecule has 0 fully saturated rings. The van der Waals surface area contributed by atoms with Gasteiger partial charge in [0.2, 0.25) is 0 Å². The molecule has 0 bridgehead atoms. The number of hydrogen-bond donors (Lipinski definition) is 0. The second-order valence-electron chi connectivity index (χ2n) is 16.5. The smallest absolute Gasteiger partial charge is 0.0159 e. The molecule has 0 aliphatic heterocycles. The first kappa shape index (κ1) is 31.3. The van der Waals surface area contributed by atoms with Crippen LogP contribution in [0.1, 0.15) is 49.9 Å². The van der Waals surface area contributed by atoms with E-state index in [-0.39, 0.29) is 10.8 Å². The Morgan fingerprint density at radius 3 is 1.37 bits per heavy atom.